The highest BCUT2D eigenvalue weighted by atomic mass is 35.5. The fourth-order valence-electron chi connectivity index (χ4n) is 4.24. The van der Waals surface area contributed by atoms with Gasteiger partial charge in [-0.25, -0.2) is 9.97 Å². The number of halogens is 1. The van der Waals surface area contributed by atoms with Crippen molar-refractivity contribution in [3.8, 4) is 0 Å². The first kappa shape index (κ1) is 18.3. The summed E-state index contributed by atoms with van der Waals surface area (Å²) in [5.41, 5.74) is 1.90. The second-order valence-electron chi connectivity index (χ2n) is 8.15. The van der Waals surface area contributed by atoms with Crippen molar-refractivity contribution in [3.63, 3.8) is 0 Å². The van der Waals surface area contributed by atoms with Gasteiger partial charge < -0.3 is 14.8 Å². The summed E-state index contributed by atoms with van der Waals surface area (Å²) in [5, 5.41) is 0.575. The van der Waals surface area contributed by atoms with Crippen LogP contribution in [0.5, 0.6) is 0 Å². The molecular weight excluding hydrogens is 362 g/mol. The molecule has 2 saturated heterocycles. The maximum atomic E-state index is 12.7. The zero-order valence-corrected chi connectivity index (χ0v) is 16.7. The molecule has 1 spiro atoms. The molecule has 4 heterocycles. The third kappa shape index (κ3) is 3.68. The van der Waals surface area contributed by atoms with Gasteiger partial charge >= 0.3 is 0 Å². The lowest BCUT2D eigenvalue weighted by atomic mass is 9.78. The fourth-order valence-corrected chi connectivity index (χ4v) is 4.40. The van der Waals surface area contributed by atoms with E-state index in [1.54, 1.807) is 18.6 Å². The van der Waals surface area contributed by atoms with Gasteiger partial charge in [0.25, 0.3) is 5.91 Å². The smallest absolute Gasteiger partial charge is 0.270 e. The molecule has 2 aromatic rings. The minimum Gasteiger partial charge on any atom is -0.356 e. The first-order valence-electron chi connectivity index (χ1n) is 9.66. The molecule has 144 valence electrons. The van der Waals surface area contributed by atoms with Crippen molar-refractivity contribution in [1.29, 1.82) is 0 Å². The Kier molecular flexibility index (Phi) is 4.84. The van der Waals surface area contributed by atoms with Crippen LogP contribution < -0.4 is 4.90 Å². The summed E-state index contributed by atoms with van der Waals surface area (Å²) in [4.78, 5) is 28.8. The van der Waals surface area contributed by atoms with Crippen LogP contribution in [0.4, 0.5) is 5.82 Å². The van der Waals surface area contributed by atoms with E-state index in [0.29, 0.717) is 16.6 Å². The Morgan fingerprint density at radius 3 is 2.59 bits per heavy atom. The maximum absolute atomic E-state index is 12.7. The highest BCUT2D eigenvalue weighted by Gasteiger charge is 2.42. The van der Waals surface area contributed by atoms with Crippen LogP contribution in [0.1, 0.15) is 55.2 Å². The Bertz CT molecular complexity index is 825. The number of piperidine rings is 1. The number of amides is 1. The fraction of sp³-hybridized carbons (Fsp3) is 0.550. The summed E-state index contributed by atoms with van der Waals surface area (Å²) in [6.45, 7) is 7.91. The van der Waals surface area contributed by atoms with Gasteiger partial charge in [-0.3, -0.25) is 4.79 Å². The summed E-state index contributed by atoms with van der Waals surface area (Å²) >= 11 is 5.94. The summed E-state index contributed by atoms with van der Waals surface area (Å²) in [6, 6.07) is 3.82. The summed E-state index contributed by atoms with van der Waals surface area (Å²) in [7, 11) is 0. The molecule has 4 rings (SSSR count). The zero-order valence-electron chi connectivity index (χ0n) is 15.9. The molecule has 7 heteroatoms. The van der Waals surface area contributed by atoms with Gasteiger partial charge in [0.15, 0.2) is 0 Å². The summed E-state index contributed by atoms with van der Waals surface area (Å²) in [5.74, 6) is 1.48. The van der Waals surface area contributed by atoms with Gasteiger partial charge in [0, 0.05) is 44.1 Å². The van der Waals surface area contributed by atoms with E-state index >= 15 is 0 Å². The number of carbonyl (C=O) groups is 1. The Morgan fingerprint density at radius 1 is 1.19 bits per heavy atom. The number of carbonyl (C=O) groups excluding carboxylic acids is 1. The van der Waals surface area contributed by atoms with Crippen LogP contribution in [0, 0.1) is 5.41 Å². The van der Waals surface area contributed by atoms with Gasteiger partial charge in [0.1, 0.15) is 17.8 Å². The van der Waals surface area contributed by atoms with Crippen molar-refractivity contribution in [2.45, 2.75) is 39.0 Å². The van der Waals surface area contributed by atoms with Crippen molar-refractivity contribution in [2.75, 3.05) is 31.1 Å². The minimum absolute atomic E-state index is 0.0542. The highest BCUT2D eigenvalue weighted by molar-refractivity contribution is 6.30. The number of hydrogen-bond donors (Lipinski definition) is 1. The van der Waals surface area contributed by atoms with Crippen molar-refractivity contribution < 1.29 is 4.79 Å². The Hall–Kier alpha value is -2.08. The van der Waals surface area contributed by atoms with Gasteiger partial charge in [0.05, 0.1) is 5.02 Å². The number of likely N-dealkylation sites (tertiary alicyclic amines) is 1. The van der Waals surface area contributed by atoms with Gasteiger partial charge in [-0.1, -0.05) is 25.4 Å². The van der Waals surface area contributed by atoms with Crippen LogP contribution in [0.3, 0.4) is 0 Å². The van der Waals surface area contributed by atoms with Crippen molar-refractivity contribution in [3.05, 3.63) is 41.1 Å². The lowest BCUT2D eigenvalue weighted by molar-refractivity contribution is 0.0759. The first-order chi connectivity index (χ1) is 13.0. The molecule has 2 aromatic heterocycles. The Labute approximate surface area is 164 Å². The van der Waals surface area contributed by atoms with Crippen LogP contribution >= 0.6 is 11.6 Å². The highest BCUT2D eigenvalue weighted by Crippen LogP contribution is 2.41. The van der Waals surface area contributed by atoms with Crippen molar-refractivity contribution >= 4 is 23.3 Å². The number of anilines is 1. The number of nitrogens with zero attached hydrogens (tertiary/aromatic N) is 4. The van der Waals surface area contributed by atoms with Crippen molar-refractivity contribution in [2.24, 2.45) is 5.41 Å². The van der Waals surface area contributed by atoms with E-state index in [1.807, 2.05) is 4.90 Å². The quantitative estimate of drug-likeness (QED) is 0.871. The molecule has 2 fully saturated rings. The lowest BCUT2D eigenvalue weighted by Crippen LogP contribution is -2.42. The molecule has 2 aliphatic rings. The molecule has 27 heavy (non-hydrogen) atoms. The van der Waals surface area contributed by atoms with E-state index in [4.69, 9.17) is 11.6 Å². The molecule has 2 aliphatic heterocycles. The normalized spacial score (nSPS) is 19.3. The lowest BCUT2D eigenvalue weighted by Gasteiger charge is -2.39. The topological polar surface area (TPSA) is 65.1 Å². The zero-order chi connectivity index (χ0) is 19.0. The molecule has 0 saturated carbocycles. The van der Waals surface area contributed by atoms with Gasteiger partial charge in [-0.05, 0) is 36.7 Å². The third-order valence-corrected chi connectivity index (χ3v) is 6.24. The van der Waals surface area contributed by atoms with Crippen LogP contribution in [-0.4, -0.2) is 51.9 Å². The van der Waals surface area contributed by atoms with Crippen molar-refractivity contribution in [1.82, 2.24) is 19.9 Å². The Balaban J connectivity index is 1.39. The third-order valence-electron chi connectivity index (χ3n) is 6.02. The van der Waals surface area contributed by atoms with E-state index in [-0.39, 0.29) is 11.3 Å². The summed E-state index contributed by atoms with van der Waals surface area (Å²) in [6.07, 6.45) is 6.58. The van der Waals surface area contributed by atoms with Gasteiger partial charge in [0.2, 0.25) is 0 Å². The Morgan fingerprint density at radius 2 is 1.93 bits per heavy atom. The van der Waals surface area contributed by atoms with E-state index in [0.717, 1.165) is 57.0 Å². The SMILES string of the molecule is CC(C)c1cc(N2CCC3(CCN(C(=O)c4cc(Cl)c[nH]4)C3)CC2)ncn1. The molecule has 0 atom stereocenters. The number of H-pyrrole nitrogens is 1. The molecule has 1 amide bonds. The monoisotopic (exact) mass is 387 g/mol. The van der Waals surface area contributed by atoms with E-state index in [1.165, 1.54) is 0 Å². The number of rotatable bonds is 3. The second kappa shape index (κ2) is 7.15. The van der Waals surface area contributed by atoms with E-state index in [9.17, 15) is 4.79 Å². The summed E-state index contributed by atoms with van der Waals surface area (Å²) < 4.78 is 0. The van der Waals surface area contributed by atoms with Crippen LogP contribution in [0.25, 0.3) is 0 Å². The van der Waals surface area contributed by atoms with Crippen LogP contribution in [0.15, 0.2) is 24.7 Å². The number of nitrogens with one attached hydrogen (secondary N) is 1. The van der Waals surface area contributed by atoms with Gasteiger partial charge in [-0.2, -0.15) is 0 Å². The predicted octanol–water partition coefficient (Wildman–Crippen LogP) is 3.71. The number of hydrogen-bond acceptors (Lipinski definition) is 4. The molecule has 0 bridgehead atoms. The predicted molar refractivity (Wildman–Crippen MR) is 106 cm³/mol. The molecule has 0 aliphatic carbocycles. The molecule has 6 nitrogen and oxygen atoms in total. The molecular formula is C20H26ClN5O. The average molecular weight is 388 g/mol. The minimum atomic E-state index is 0.0542. The molecule has 0 radical (unpaired) electrons. The van der Waals surface area contributed by atoms with E-state index < -0.39 is 0 Å². The first-order valence-corrected chi connectivity index (χ1v) is 10.0. The molecule has 0 aromatic carbocycles. The molecule has 1 N–H and O–H groups in total. The maximum Gasteiger partial charge on any atom is 0.270 e. The van der Waals surface area contributed by atoms with Crippen LogP contribution in [0.2, 0.25) is 5.02 Å². The number of aromatic amines is 1. The largest absolute Gasteiger partial charge is 0.356 e. The average Bonchev–Trinajstić information content (AvgIpc) is 3.29. The standard InChI is InChI=1S/C20H26ClN5O/c1-14(2)16-10-18(24-13-23-16)25-6-3-20(4-7-25)5-8-26(12-20)19(27)17-9-15(21)11-22-17/h9-11,13-14,22H,3-8,12H2,1-2H3. The van der Waals surface area contributed by atoms with E-state index in [2.05, 4.69) is 39.8 Å². The second-order valence-corrected chi connectivity index (χ2v) is 8.59. The van der Waals surface area contributed by atoms with Crippen LogP contribution in [-0.2, 0) is 0 Å². The van der Waals surface area contributed by atoms with Gasteiger partial charge in [-0.15, -0.1) is 0 Å². The number of aromatic nitrogens is 3. The molecule has 0 unspecified atom stereocenters.